The number of aliphatic hydroxyl groups is 1. The monoisotopic (exact) mass is 409 g/mol. The molecule has 1 amide bonds. The standard InChI is InChI=1S/C17H19N3O5S2/c1-10-14(8-21)18-16(27-10)15-6-13(26)7-19(15)17(22)25-9-11-2-4-12(5-3-11)20(23)24/h2-5,13,15,21,26H,6-9H2,1H3/t13-,15-/m0/s1. The number of likely N-dealkylation sites (tertiary alicyclic amines) is 1. The van der Waals surface area contributed by atoms with Crippen LogP contribution in [-0.2, 0) is 18.0 Å². The summed E-state index contributed by atoms with van der Waals surface area (Å²) in [4.78, 5) is 29.8. The van der Waals surface area contributed by atoms with Crippen molar-refractivity contribution < 1.29 is 19.6 Å². The van der Waals surface area contributed by atoms with Crippen molar-refractivity contribution in [2.45, 2.75) is 37.9 Å². The summed E-state index contributed by atoms with van der Waals surface area (Å²) in [7, 11) is 0. The normalized spacial score (nSPS) is 19.3. The largest absolute Gasteiger partial charge is 0.445 e. The molecule has 0 bridgehead atoms. The molecule has 0 saturated carbocycles. The van der Waals surface area contributed by atoms with Crippen molar-refractivity contribution in [2.24, 2.45) is 0 Å². The molecule has 0 radical (unpaired) electrons. The highest BCUT2D eigenvalue weighted by Gasteiger charge is 2.37. The third-order valence-electron chi connectivity index (χ3n) is 4.37. The molecular weight excluding hydrogens is 390 g/mol. The number of ether oxygens (including phenoxy) is 1. The summed E-state index contributed by atoms with van der Waals surface area (Å²) in [6, 6.07) is 5.64. The highest BCUT2D eigenvalue weighted by molar-refractivity contribution is 7.81. The molecule has 0 aliphatic carbocycles. The number of nitrogens with zero attached hydrogens (tertiary/aromatic N) is 3. The third-order valence-corrected chi connectivity index (χ3v) is 5.86. The lowest BCUT2D eigenvalue weighted by Crippen LogP contribution is -2.31. The van der Waals surface area contributed by atoms with Crippen LogP contribution in [-0.4, -0.2) is 37.8 Å². The van der Waals surface area contributed by atoms with Gasteiger partial charge in [0.2, 0.25) is 0 Å². The Balaban J connectivity index is 1.67. The fourth-order valence-corrected chi connectivity index (χ4v) is 4.36. The number of benzene rings is 1. The number of thiol groups is 1. The average molecular weight is 409 g/mol. The Morgan fingerprint density at radius 2 is 2.19 bits per heavy atom. The van der Waals surface area contributed by atoms with Gasteiger partial charge in [0.05, 0.1) is 23.3 Å². The van der Waals surface area contributed by atoms with Crippen LogP contribution in [0.5, 0.6) is 0 Å². The summed E-state index contributed by atoms with van der Waals surface area (Å²) in [5, 5.41) is 20.8. The predicted molar refractivity (Wildman–Crippen MR) is 103 cm³/mol. The van der Waals surface area contributed by atoms with Crippen LogP contribution < -0.4 is 0 Å². The molecule has 10 heteroatoms. The zero-order valence-electron chi connectivity index (χ0n) is 14.6. The summed E-state index contributed by atoms with van der Waals surface area (Å²) < 4.78 is 5.39. The molecule has 1 fully saturated rings. The molecule has 3 rings (SSSR count). The Morgan fingerprint density at radius 3 is 2.78 bits per heavy atom. The first kappa shape index (κ1) is 19.6. The summed E-state index contributed by atoms with van der Waals surface area (Å²) in [6.07, 6.45) is 0.182. The number of carbonyl (C=O) groups excluding carboxylic acids is 1. The SMILES string of the molecule is Cc1sc([C@@H]2C[C@H](S)CN2C(=O)OCc2ccc([N+](=O)[O-])cc2)nc1CO. The number of amides is 1. The smallest absolute Gasteiger partial charge is 0.410 e. The lowest BCUT2D eigenvalue weighted by molar-refractivity contribution is -0.384. The molecule has 144 valence electrons. The van der Waals surface area contributed by atoms with Crippen molar-refractivity contribution in [3.05, 3.63) is 55.5 Å². The van der Waals surface area contributed by atoms with E-state index in [2.05, 4.69) is 17.6 Å². The van der Waals surface area contributed by atoms with Crippen molar-refractivity contribution >= 4 is 35.7 Å². The van der Waals surface area contributed by atoms with Crippen LogP contribution in [0.15, 0.2) is 24.3 Å². The van der Waals surface area contributed by atoms with Crippen LogP contribution in [0, 0.1) is 17.0 Å². The molecular formula is C17H19N3O5S2. The average Bonchev–Trinajstić information content (AvgIpc) is 3.22. The number of aryl methyl sites for hydroxylation is 1. The van der Waals surface area contributed by atoms with Crippen LogP contribution in [0.25, 0.3) is 0 Å². The van der Waals surface area contributed by atoms with E-state index in [0.29, 0.717) is 24.2 Å². The number of thiazole rings is 1. The molecule has 2 heterocycles. The van der Waals surface area contributed by atoms with Crippen LogP contribution in [0.1, 0.15) is 33.6 Å². The van der Waals surface area contributed by atoms with E-state index in [1.807, 2.05) is 6.92 Å². The number of hydrogen-bond acceptors (Lipinski definition) is 8. The van der Waals surface area contributed by atoms with Crippen molar-refractivity contribution in [2.75, 3.05) is 6.54 Å². The van der Waals surface area contributed by atoms with Gasteiger partial charge in [0.15, 0.2) is 0 Å². The van der Waals surface area contributed by atoms with Crippen LogP contribution in [0.4, 0.5) is 10.5 Å². The first-order chi connectivity index (χ1) is 12.9. The van der Waals surface area contributed by atoms with Gasteiger partial charge in [0.1, 0.15) is 11.6 Å². The van der Waals surface area contributed by atoms with E-state index in [1.54, 1.807) is 17.0 Å². The molecule has 1 aromatic carbocycles. The maximum absolute atomic E-state index is 12.6. The highest BCUT2D eigenvalue weighted by atomic mass is 32.1. The number of nitro groups is 1. The van der Waals surface area contributed by atoms with Gasteiger partial charge in [0.25, 0.3) is 5.69 Å². The van der Waals surface area contributed by atoms with Crippen molar-refractivity contribution in [3.63, 3.8) is 0 Å². The van der Waals surface area contributed by atoms with E-state index in [0.717, 1.165) is 9.88 Å². The molecule has 0 unspecified atom stereocenters. The Labute approximate surface area is 165 Å². The van der Waals surface area contributed by atoms with Gasteiger partial charge < -0.3 is 9.84 Å². The molecule has 8 nitrogen and oxygen atoms in total. The fraction of sp³-hybridized carbons (Fsp3) is 0.412. The second-order valence-electron chi connectivity index (χ2n) is 6.25. The summed E-state index contributed by atoms with van der Waals surface area (Å²) in [5.74, 6) is 0. The van der Waals surface area contributed by atoms with E-state index < -0.39 is 11.0 Å². The molecule has 1 aliphatic heterocycles. The summed E-state index contributed by atoms with van der Waals surface area (Å²) in [5.41, 5.74) is 1.28. The Hall–Kier alpha value is -2.17. The zero-order chi connectivity index (χ0) is 19.6. The van der Waals surface area contributed by atoms with Crippen LogP contribution in [0.2, 0.25) is 0 Å². The van der Waals surface area contributed by atoms with Gasteiger partial charge in [-0.3, -0.25) is 15.0 Å². The number of nitro benzene ring substituents is 1. The lowest BCUT2D eigenvalue weighted by Gasteiger charge is -2.22. The minimum absolute atomic E-state index is 0.0126. The molecule has 2 aromatic rings. The first-order valence-electron chi connectivity index (χ1n) is 8.31. The van der Waals surface area contributed by atoms with Crippen molar-refractivity contribution in [1.29, 1.82) is 0 Å². The second-order valence-corrected chi connectivity index (χ2v) is 8.21. The van der Waals surface area contributed by atoms with Gasteiger partial charge in [0, 0.05) is 28.8 Å². The number of non-ortho nitro benzene ring substituents is 1. The van der Waals surface area contributed by atoms with Crippen molar-refractivity contribution in [1.82, 2.24) is 9.88 Å². The molecule has 27 heavy (non-hydrogen) atoms. The number of aliphatic hydroxyl groups excluding tert-OH is 1. The second kappa shape index (κ2) is 8.24. The number of hydrogen-bond donors (Lipinski definition) is 2. The highest BCUT2D eigenvalue weighted by Crippen LogP contribution is 2.37. The van der Waals surface area contributed by atoms with E-state index >= 15 is 0 Å². The fourth-order valence-electron chi connectivity index (χ4n) is 2.93. The maximum atomic E-state index is 12.6. The van der Waals surface area contributed by atoms with Gasteiger partial charge >= 0.3 is 6.09 Å². The van der Waals surface area contributed by atoms with Gasteiger partial charge in [-0.25, -0.2) is 9.78 Å². The molecule has 2 atom stereocenters. The number of carbonyl (C=O) groups is 1. The van der Waals surface area contributed by atoms with Gasteiger partial charge in [-0.1, -0.05) is 0 Å². The van der Waals surface area contributed by atoms with Gasteiger partial charge in [-0.2, -0.15) is 12.6 Å². The number of rotatable bonds is 5. The minimum Gasteiger partial charge on any atom is -0.445 e. The lowest BCUT2D eigenvalue weighted by atomic mass is 10.2. The molecule has 1 aromatic heterocycles. The van der Waals surface area contributed by atoms with E-state index in [1.165, 1.54) is 23.5 Å². The van der Waals surface area contributed by atoms with E-state index in [-0.39, 0.29) is 30.2 Å². The van der Waals surface area contributed by atoms with E-state index in [4.69, 9.17) is 4.74 Å². The minimum atomic E-state index is -0.478. The Bertz CT molecular complexity index is 840. The summed E-state index contributed by atoms with van der Waals surface area (Å²) in [6.45, 7) is 2.22. The maximum Gasteiger partial charge on any atom is 0.410 e. The Morgan fingerprint density at radius 1 is 1.48 bits per heavy atom. The molecule has 1 aliphatic rings. The van der Waals surface area contributed by atoms with Gasteiger partial charge in [-0.05, 0) is 31.0 Å². The van der Waals surface area contributed by atoms with Gasteiger partial charge in [-0.15, -0.1) is 11.3 Å². The summed E-state index contributed by atoms with van der Waals surface area (Å²) >= 11 is 5.95. The first-order valence-corrected chi connectivity index (χ1v) is 9.64. The molecule has 0 spiro atoms. The quantitative estimate of drug-likeness (QED) is 0.446. The van der Waals surface area contributed by atoms with Crippen molar-refractivity contribution in [3.8, 4) is 0 Å². The third kappa shape index (κ3) is 4.40. The Kier molecular flexibility index (Phi) is 5.98. The van der Waals surface area contributed by atoms with Crippen LogP contribution in [0.3, 0.4) is 0 Å². The molecule has 1 saturated heterocycles. The zero-order valence-corrected chi connectivity index (χ0v) is 16.3. The molecule has 1 N–H and O–H groups in total. The predicted octanol–water partition coefficient (Wildman–Crippen LogP) is 3.23. The number of aromatic nitrogens is 1. The topological polar surface area (TPSA) is 106 Å². The van der Waals surface area contributed by atoms with E-state index in [9.17, 15) is 20.0 Å². The van der Waals surface area contributed by atoms with Crippen LogP contribution >= 0.6 is 24.0 Å².